The van der Waals surface area contributed by atoms with Gasteiger partial charge in [-0.15, -0.1) is 0 Å². The molecule has 0 spiro atoms. The molecule has 1 aromatic rings. The second-order valence-corrected chi connectivity index (χ2v) is 4.84. The molecule has 0 atom stereocenters. The molecular formula is C11H14W. The van der Waals surface area contributed by atoms with Crippen molar-refractivity contribution in [3.63, 3.8) is 0 Å². The fourth-order valence-corrected chi connectivity index (χ4v) is 1.63. The summed E-state index contributed by atoms with van der Waals surface area (Å²) in [4.78, 5) is 0. The van der Waals surface area contributed by atoms with E-state index in [-0.39, 0.29) is 5.41 Å². The molecule has 1 aromatic carbocycles. The SMILES string of the molecule is CC(C)(C)c1ccc([CH]=[W])cc1. The zero-order valence-electron chi connectivity index (χ0n) is 7.79. The number of benzene rings is 1. The van der Waals surface area contributed by atoms with Gasteiger partial charge in [0, 0.05) is 0 Å². The van der Waals surface area contributed by atoms with E-state index in [1.54, 1.807) is 0 Å². The molecule has 0 N–H and O–H groups in total. The molecule has 0 nitrogen and oxygen atoms in total. The molecule has 0 amide bonds. The van der Waals surface area contributed by atoms with Gasteiger partial charge in [0.15, 0.2) is 0 Å². The molecule has 1 rings (SSSR count). The van der Waals surface area contributed by atoms with Gasteiger partial charge in [0.05, 0.1) is 0 Å². The van der Waals surface area contributed by atoms with Crippen molar-refractivity contribution in [1.82, 2.24) is 0 Å². The molecule has 0 aliphatic rings. The van der Waals surface area contributed by atoms with Gasteiger partial charge in [-0.05, 0) is 0 Å². The van der Waals surface area contributed by atoms with Gasteiger partial charge in [0.1, 0.15) is 0 Å². The molecule has 0 bridgehead atoms. The van der Waals surface area contributed by atoms with E-state index in [0.717, 1.165) is 0 Å². The average Bonchev–Trinajstić information content (AvgIpc) is 2.03. The normalized spacial score (nSPS) is 11.2. The molecule has 0 saturated carbocycles. The van der Waals surface area contributed by atoms with Gasteiger partial charge in [0.2, 0.25) is 0 Å². The van der Waals surface area contributed by atoms with Crippen molar-refractivity contribution >= 4 is 4.40 Å². The summed E-state index contributed by atoms with van der Waals surface area (Å²) in [7, 11) is 0. The minimum absolute atomic E-state index is 0.277. The molecule has 64 valence electrons. The summed E-state index contributed by atoms with van der Waals surface area (Å²) in [5.74, 6) is 0. The van der Waals surface area contributed by atoms with Crippen molar-refractivity contribution < 1.29 is 19.4 Å². The molecule has 0 aliphatic heterocycles. The van der Waals surface area contributed by atoms with E-state index < -0.39 is 0 Å². The second kappa shape index (κ2) is 3.66. The Bertz CT molecular complexity index is 264. The van der Waals surface area contributed by atoms with Crippen LogP contribution in [0, 0.1) is 0 Å². The van der Waals surface area contributed by atoms with Crippen LogP contribution in [0.3, 0.4) is 0 Å². The Morgan fingerprint density at radius 2 is 1.58 bits per heavy atom. The van der Waals surface area contributed by atoms with E-state index in [9.17, 15) is 0 Å². The maximum absolute atomic E-state index is 2.24. The molecule has 12 heavy (non-hydrogen) atoms. The second-order valence-electron chi connectivity index (χ2n) is 3.99. The van der Waals surface area contributed by atoms with Gasteiger partial charge in [-0.25, -0.2) is 0 Å². The zero-order valence-corrected chi connectivity index (χ0v) is 10.7. The predicted octanol–water partition coefficient (Wildman–Crippen LogP) is 2.68. The van der Waals surface area contributed by atoms with Crippen molar-refractivity contribution in [3.8, 4) is 0 Å². The zero-order chi connectivity index (χ0) is 9.19. The van der Waals surface area contributed by atoms with Crippen LogP contribution in [-0.2, 0) is 24.8 Å². The predicted molar refractivity (Wildman–Crippen MR) is 50.3 cm³/mol. The van der Waals surface area contributed by atoms with Crippen LogP contribution in [0.5, 0.6) is 0 Å². The van der Waals surface area contributed by atoms with E-state index in [1.807, 2.05) is 0 Å². The third-order valence-electron chi connectivity index (χ3n) is 1.91. The first-order chi connectivity index (χ1) is 5.54. The van der Waals surface area contributed by atoms with E-state index in [0.29, 0.717) is 0 Å². The van der Waals surface area contributed by atoms with Crippen LogP contribution in [0.15, 0.2) is 24.3 Å². The van der Waals surface area contributed by atoms with Gasteiger partial charge in [-0.1, -0.05) is 0 Å². The van der Waals surface area contributed by atoms with Gasteiger partial charge in [-0.3, -0.25) is 0 Å². The number of hydrogen-bond acceptors (Lipinski definition) is 0. The summed E-state index contributed by atoms with van der Waals surface area (Å²) in [5.41, 5.74) is 3.01. The maximum atomic E-state index is 2.24. The fraction of sp³-hybridized carbons (Fsp3) is 0.364. The van der Waals surface area contributed by atoms with Crippen LogP contribution < -0.4 is 0 Å². The summed E-state index contributed by atoms with van der Waals surface area (Å²) in [6, 6.07) is 8.81. The van der Waals surface area contributed by atoms with Gasteiger partial charge in [0.25, 0.3) is 0 Å². The van der Waals surface area contributed by atoms with Gasteiger partial charge < -0.3 is 0 Å². The topological polar surface area (TPSA) is 0 Å². The fourth-order valence-electron chi connectivity index (χ4n) is 1.06. The minimum atomic E-state index is 0.277. The van der Waals surface area contributed by atoms with E-state index >= 15 is 0 Å². The first-order valence-corrected chi connectivity index (χ1v) is 5.79. The van der Waals surface area contributed by atoms with Gasteiger partial charge in [-0.2, -0.15) is 0 Å². The molecule has 0 unspecified atom stereocenters. The summed E-state index contributed by atoms with van der Waals surface area (Å²) in [5, 5.41) is 0. The van der Waals surface area contributed by atoms with Crippen LogP contribution in [0.4, 0.5) is 0 Å². The van der Waals surface area contributed by atoms with Crippen LogP contribution in [-0.4, -0.2) is 4.40 Å². The Kier molecular flexibility index (Phi) is 3.01. The van der Waals surface area contributed by atoms with Crippen molar-refractivity contribution in [3.05, 3.63) is 35.4 Å². The Balaban J connectivity index is 3.00. The molecule has 0 fully saturated rings. The van der Waals surface area contributed by atoms with E-state index in [2.05, 4.69) is 49.4 Å². The Morgan fingerprint density at radius 1 is 1.08 bits per heavy atom. The molecular weight excluding hydrogens is 316 g/mol. The summed E-state index contributed by atoms with van der Waals surface area (Å²) in [6.07, 6.45) is 0. The average molecular weight is 330 g/mol. The third-order valence-corrected chi connectivity index (χ3v) is 2.89. The Hall–Kier alpha value is -0.222. The van der Waals surface area contributed by atoms with Crippen LogP contribution in [0.1, 0.15) is 31.9 Å². The molecule has 0 aliphatic carbocycles. The monoisotopic (exact) mass is 330 g/mol. The van der Waals surface area contributed by atoms with Crippen molar-refractivity contribution in [2.75, 3.05) is 0 Å². The third kappa shape index (κ3) is 2.38. The first kappa shape index (κ1) is 9.86. The van der Waals surface area contributed by atoms with Crippen molar-refractivity contribution in [2.45, 2.75) is 26.2 Å². The molecule has 0 saturated heterocycles. The molecule has 0 aromatic heterocycles. The van der Waals surface area contributed by atoms with Gasteiger partial charge >= 0.3 is 85.3 Å². The first-order valence-electron chi connectivity index (χ1n) is 4.10. The quantitative estimate of drug-likeness (QED) is 0.743. The standard InChI is InChI=1S/C11H14.W/c1-9-5-7-10(8-6-9)11(2,3)4;/h1,5-8H,2-4H3;. The van der Waals surface area contributed by atoms with E-state index in [4.69, 9.17) is 0 Å². The Morgan fingerprint density at radius 3 is 1.92 bits per heavy atom. The van der Waals surface area contributed by atoms with E-state index in [1.165, 1.54) is 30.5 Å². The summed E-state index contributed by atoms with van der Waals surface area (Å²) in [6.45, 7) is 6.72. The summed E-state index contributed by atoms with van der Waals surface area (Å²) < 4.78 is 2.20. The molecule has 0 radical (unpaired) electrons. The van der Waals surface area contributed by atoms with Crippen LogP contribution >= 0.6 is 0 Å². The number of hydrogen-bond donors (Lipinski definition) is 0. The number of rotatable bonds is 1. The Labute approximate surface area is 85.4 Å². The molecule has 1 heteroatoms. The van der Waals surface area contributed by atoms with Crippen LogP contribution in [0.25, 0.3) is 0 Å². The molecule has 0 heterocycles. The summed E-state index contributed by atoms with van der Waals surface area (Å²) >= 11 is 1.51. The van der Waals surface area contributed by atoms with Crippen molar-refractivity contribution in [2.24, 2.45) is 0 Å². The van der Waals surface area contributed by atoms with Crippen LogP contribution in [0.2, 0.25) is 0 Å². The van der Waals surface area contributed by atoms with Crippen molar-refractivity contribution in [1.29, 1.82) is 0 Å².